The molecule has 13 rings (SSSR count). The summed E-state index contributed by atoms with van der Waals surface area (Å²) >= 11 is -0.674. The first kappa shape index (κ1) is 42.4. The number of nitrogens with zero attached hydrogens (tertiary/aromatic N) is 1. The molecule has 3 aliphatic rings. The van der Waals surface area contributed by atoms with Crippen molar-refractivity contribution in [2.24, 2.45) is 0 Å². The van der Waals surface area contributed by atoms with E-state index in [0.29, 0.717) is 6.71 Å². The largest absolute Gasteiger partial charge is 0.881 e. The number of hydrogen-bond acceptors (Lipinski definition) is 3. The monoisotopic (exact) mass is 898 g/mol. The fraction of sp³-hybridized carbons (Fsp3) is 0.0469. The average molecular weight is 899 g/mol. The molecule has 3 aliphatic heterocycles. The fourth-order valence-electron chi connectivity index (χ4n) is 10.8. The van der Waals surface area contributed by atoms with Gasteiger partial charge in [-0.1, -0.05) is 218 Å². The van der Waals surface area contributed by atoms with Crippen molar-refractivity contribution >= 4 is 62.0 Å². The van der Waals surface area contributed by atoms with Crippen molar-refractivity contribution in [3.05, 3.63) is 264 Å². The van der Waals surface area contributed by atoms with Gasteiger partial charge < -0.3 is 7.58 Å². The summed E-state index contributed by atoms with van der Waals surface area (Å²) in [7, 11) is 0. The lowest BCUT2D eigenvalue weighted by atomic mass is 9.28. The number of pyridine rings is 1. The minimum atomic E-state index is -0.674. The zero-order valence-electron chi connectivity index (χ0n) is 38.2. The van der Waals surface area contributed by atoms with Crippen LogP contribution < -0.4 is 24.0 Å². The highest BCUT2D eigenvalue weighted by atomic mass is 27.2. The summed E-state index contributed by atoms with van der Waals surface area (Å²) in [5.41, 5.74) is 27.0. The van der Waals surface area contributed by atoms with Gasteiger partial charge in [-0.3, -0.25) is 4.98 Å². The first-order chi connectivity index (χ1) is 34.1. The Labute approximate surface area is 411 Å². The highest BCUT2D eigenvalue weighted by Gasteiger charge is 2.42. The van der Waals surface area contributed by atoms with E-state index in [2.05, 4.69) is 176 Å². The summed E-state index contributed by atoms with van der Waals surface area (Å²) in [5.74, 6) is 1.55. The van der Waals surface area contributed by atoms with E-state index in [0.717, 1.165) is 63.9 Å². The number of aromatic nitrogens is 1. The Balaban J connectivity index is 0.000000158. The summed E-state index contributed by atoms with van der Waals surface area (Å²) in [6.45, 7) is 8.06. The van der Waals surface area contributed by atoms with Crippen molar-refractivity contribution in [1.82, 2.24) is 4.98 Å². The number of para-hydroxylation sites is 1. The predicted molar refractivity (Wildman–Crippen MR) is 290 cm³/mol. The lowest BCUT2D eigenvalue weighted by Crippen LogP contribution is -2.64. The maximum absolute atomic E-state index is 5.85. The third kappa shape index (κ3) is 8.21. The smallest absolute Gasteiger partial charge is 0.616 e. The summed E-state index contributed by atoms with van der Waals surface area (Å²) in [6, 6.07) is 71.8. The molecule has 325 valence electrons. The van der Waals surface area contributed by atoms with Gasteiger partial charge in [0.2, 0.25) is 6.71 Å². The van der Waals surface area contributed by atoms with Crippen molar-refractivity contribution in [2.75, 3.05) is 0 Å². The van der Waals surface area contributed by atoms with Gasteiger partial charge >= 0.3 is 15.9 Å². The van der Waals surface area contributed by atoms with E-state index < -0.39 is 15.9 Å². The summed E-state index contributed by atoms with van der Waals surface area (Å²) in [6.07, 6.45) is 8.52. The number of hydrogen-bond donors (Lipinski definition) is 0. The highest BCUT2D eigenvalue weighted by Crippen LogP contribution is 2.36. The van der Waals surface area contributed by atoms with Crippen LogP contribution in [0.25, 0.3) is 67.6 Å². The lowest BCUT2D eigenvalue weighted by Gasteiger charge is -2.40. The van der Waals surface area contributed by atoms with Crippen LogP contribution in [0, 0.1) is 0 Å². The minimum Gasteiger partial charge on any atom is -0.616 e. The molecular weight excluding hydrogens is 853 g/mol. The maximum atomic E-state index is 5.85. The van der Waals surface area contributed by atoms with Gasteiger partial charge in [0, 0.05) is 11.6 Å². The molecule has 0 amide bonds. The van der Waals surface area contributed by atoms with E-state index in [9.17, 15) is 0 Å². The van der Waals surface area contributed by atoms with Gasteiger partial charge in [0.05, 0.1) is 5.75 Å². The van der Waals surface area contributed by atoms with E-state index in [4.69, 9.17) is 7.58 Å². The molecule has 0 saturated heterocycles. The minimum absolute atomic E-state index is 0.327. The van der Waals surface area contributed by atoms with Crippen molar-refractivity contribution in [3.8, 4) is 56.0 Å². The molecule has 4 heterocycles. The van der Waals surface area contributed by atoms with Gasteiger partial charge in [0.15, 0.2) is 0 Å². The molecular formula is C64H46AlBNO2. The van der Waals surface area contributed by atoms with Crippen LogP contribution in [-0.2, 0) is 19.3 Å². The molecule has 0 spiro atoms. The van der Waals surface area contributed by atoms with Crippen molar-refractivity contribution < 1.29 is 7.58 Å². The summed E-state index contributed by atoms with van der Waals surface area (Å²) in [4.78, 5) is 4.39. The standard InChI is InChI=1S/C41H29B.C14H12O.C9H7NO.Al/c1-2-26-13-15-29(16-14-26)32-21-37-24-35-19-30(27-9-5-3-6-10-27)17-33-23-34-18-31(28-11-7-4-8-12-28)20-36-25-38(22-32)41(37)42(39(33)35)40(34)36;1-2-11-3-5-12(6-4-11)13-7-9-14(15)10-8-13;11-8-5-1-3-7-4-2-6-10-9(7)8;/h2-22H,1,23-25H2;2-10,15H,1H2;1-6,11H;/q;;;+2/p-2. The molecule has 0 N–H and O–H groups in total. The number of rotatable bonds is 10. The second kappa shape index (κ2) is 18.3. The van der Waals surface area contributed by atoms with Crippen LogP contribution in [0.3, 0.4) is 0 Å². The summed E-state index contributed by atoms with van der Waals surface area (Å²) < 4.78 is 11.7. The van der Waals surface area contributed by atoms with Crippen LogP contribution >= 0.6 is 0 Å². The Kier molecular flexibility index (Phi) is 11.2. The second-order valence-corrected chi connectivity index (χ2v) is 18.8. The van der Waals surface area contributed by atoms with E-state index in [-0.39, 0.29) is 0 Å². The van der Waals surface area contributed by atoms with Crippen molar-refractivity contribution in [3.63, 3.8) is 0 Å². The van der Waals surface area contributed by atoms with Crippen LogP contribution in [0.4, 0.5) is 0 Å². The third-order valence-corrected chi connectivity index (χ3v) is 14.8. The quantitative estimate of drug-likeness (QED) is 0.128. The Morgan fingerprint density at radius 1 is 0.406 bits per heavy atom. The van der Waals surface area contributed by atoms with Gasteiger partial charge in [0.1, 0.15) is 11.3 Å². The molecule has 0 saturated carbocycles. The zero-order chi connectivity index (χ0) is 46.3. The molecule has 0 fully saturated rings. The Morgan fingerprint density at radius 2 is 0.812 bits per heavy atom. The molecule has 0 unspecified atom stereocenters. The van der Waals surface area contributed by atoms with Gasteiger partial charge in [-0.2, -0.15) is 0 Å². The predicted octanol–water partition coefficient (Wildman–Crippen LogP) is 13.1. The molecule has 3 nitrogen and oxygen atoms in total. The molecule has 1 radical (unpaired) electrons. The Hall–Kier alpha value is -7.93. The average Bonchev–Trinajstić information content (AvgIpc) is 3.41. The molecule has 0 atom stereocenters. The molecule has 5 heteroatoms. The Morgan fingerprint density at radius 3 is 1.26 bits per heavy atom. The molecule has 9 aromatic carbocycles. The first-order valence-corrected chi connectivity index (χ1v) is 24.6. The molecule has 10 aromatic rings. The van der Waals surface area contributed by atoms with Crippen LogP contribution in [0.2, 0.25) is 0 Å². The molecule has 0 bridgehead atoms. The zero-order valence-corrected chi connectivity index (χ0v) is 39.4. The summed E-state index contributed by atoms with van der Waals surface area (Å²) in [5, 5.41) is 1.06. The van der Waals surface area contributed by atoms with Crippen LogP contribution in [0.15, 0.2) is 220 Å². The fourth-order valence-corrected chi connectivity index (χ4v) is 11.4. The van der Waals surface area contributed by atoms with Gasteiger partial charge in [-0.15, -0.1) is 0 Å². The van der Waals surface area contributed by atoms with Gasteiger partial charge in [0.25, 0.3) is 0 Å². The SMILES string of the molecule is C=Cc1ccc(-c2cc3c4c(c2)Cc2cc(-c5ccccc5)cc5c2B4c2c(cc(-c4ccccc4)cc2C3)C5)cc1.C=Cc1ccc(-c2ccc([O][Al][O]c3cccc4cccnc34)cc2)cc1. The van der Waals surface area contributed by atoms with E-state index in [1.807, 2.05) is 54.6 Å². The van der Waals surface area contributed by atoms with Gasteiger partial charge in [-0.25, -0.2) is 0 Å². The van der Waals surface area contributed by atoms with E-state index in [1.54, 1.807) is 22.6 Å². The van der Waals surface area contributed by atoms with E-state index in [1.165, 1.54) is 66.8 Å². The lowest BCUT2D eigenvalue weighted by molar-refractivity contribution is 0.461. The second-order valence-electron chi connectivity index (χ2n) is 18.2. The Bertz CT molecular complexity index is 3450. The highest BCUT2D eigenvalue weighted by molar-refractivity contribution is 6.98. The molecule has 1 aromatic heterocycles. The van der Waals surface area contributed by atoms with Gasteiger partial charge in [-0.05, 0) is 133 Å². The maximum Gasteiger partial charge on any atom is 0.881 e. The normalized spacial score (nSPS) is 12.3. The van der Waals surface area contributed by atoms with E-state index >= 15 is 0 Å². The molecule has 0 aliphatic carbocycles. The van der Waals surface area contributed by atoms with Crippen molar-refractivity contribution in [1.29, 1.82) is 0 Å². The van der Waals surface area contributed by atoms with Crippen molar-refractivity contribution in [2.45, 2.75) is 19.3 Å². The number of benzene rings is 9. The molecule has 69 heavy (non-hydrogen) atoms. The number of fused-ring (bicyclic) bond motifs is 1. The van der Waals surface area contributed by atoms with Crippen LogP contribution in [0.1, 0.15) is 44.5 Å². The van der Waals surface area contributed by atoms with Crippen LogP contribution in [0.5, 0.6) is 11.5 Å². The van der Waals surface area contributed by atoms with Crippen LogP contribution in [-0.4, -0.2) is 27.6 Å². The topological polar surface area (TPSA) is 31.4 Å². The third-order valence-electron chi connectivity index (χ3n) is 14.0. The first-order valence-electron chi connectivity index (χ1n) is 23.7.